The molecule has 2 unspecified atom stereocenters. The number of aliphatic hydroxyl groups is 1. The lowest BCUT2D eigenvalue weighted by Crippen LogP contribution is -2.27. The van der Waals surface area contributed by atoms with Crippen molar-refractivity contribution < 1.29 is 19.2 Å². The van der Waals surface area contributed by atoms with Crippen molar-refractivity contribution in [1.82, 2.24) is 5.16 Å². The normalized spacial score (nSPS) is 21.5. The number of unbranched alkanes of at least 4 members (excludes halogenated alkanes) is 3. The summed E-state index contributed by atoms with van der Waals surface area (Å²) in [4.78, 5) is 31.4. The van der Waals surface area contributed by atoms with Crippen molar-refractivity contribution in [2.24, 2.45) is 4.99 Å². The van der Waals surface area contributed by atoms with Gasteiger partial charge in [-0.3, -0.25) is 14.6 Å². The van der Waals surface area contributed by atoms with Crippen LogP contribution in [0.4, 0.5) is 0 Å². The van der Waals surface area contributed by atoms with Crippen molar-refractivity contribution in [1.29, 1.82) is 0 Å². The highest BCUT2D eigenvalue weighted by Gasteiger charge is 2.34. The highest BCUT2D eigenvalue weighted by Crippen LogP contribution is 2.36. The molecule has 0 radical (unpaired) electrons. The van der Waals surface area contributed by atoms with Crippen LogP contribution in [0, 0.1) is 0 Å². The van der Waals surface area contributed by atoms with E-state index in [4.69, 9.17) is 9.52 Å². The van der Waals surface area contributed by atoms with Crippen LogP contribution < -0.4 is 0 Å². The number of aliphatic hydroxyl groups excluding tert-OH is 1. The highest BCUT2D eigenvalue weighted by atomic mass is 16.5. The molecule has 0 saturated heterocycles. The highest BCUT2D eigenvalue weighted by molar-refractivity contribution is 6.24. The number of hydrogen-bond acceptors (Lipinski definition) is 6. The molecule has 40 heavy (non-hydrogen) atoms. The van der Waals surface area contributed by atoms with Crippen LogP contribution in [0.3, 0.4) is 0 Å². The number of Topliss-reactive ketones (excluding diaryl/α,β-unsaturated/α-hetero) is 2. The van der Waals surface area contributed by atoms with Gasteiger partial charge in [0, 0.05) is 44.4 Å². The molecular formula is C34H38N2O4. The number of aliphatic imine (C=N–C) groups is 1. The number of ketones is 2. The zero-order valence-electron chi connectivity index (χ0n) is 23.3. The van der Waals surface area contributed by atoms with Crippen LogP contribution in [0.1, 0.15) is 103 Å². The monoisotopic (exact) mass is 538 g/mol. The number of aromatic nitrogens is 1. The number of aryl methyl sites for hydroxylation is 1. The van der Waals surface area contributed by atoms with Crippen LogP contribution in [0.5, 0.6) is 0 Å². The van der Waals surface area contributed by atoms with E-state index in [2.05, 4.69) is 24.2 Å². The number of carbonyl (C=O) groups excluding carboxylic acids is 2. The van der Waals surface area contributed by atoms with Crippen LogP contribution in [-0.2, 0) is 17.6 Å². The largest absolute Gasteiger partial charge is 0.511 e. The molecule has 6 heteroatoms. The van der Waals surface area contributed by atoms with Gasteiger partial charge in [-0.05, 0) is 35.8 Å². The second kappa shape index (κ2) is 13.0. The van der Waals surface area contributed by atoms with Gasteiger partial charge in [-0.2, -0.15) is 0 Å². The number of hydrogen-bond donors (Lipinski definition) is 1. The zero-order valence-corrected chi connectivity index (χ0v) is 23.3. The third-order valence-corrected chi connectivity index (χ3v) is 8.16. The third-order valence-electron chi connectivity index (χ3n) is 8.16. The first-order chi connectivity index (χ1) is 19.5. The number of benzene rings is 2. The standard InChI is InChI=1S/C34H38N2O4/c1-2-3-4-11-18-35-28-19-25(23-12-7-5-8-13-23)20-30(38)33(28)29(37)17-16-27-34-31(39)21-26(22-32(34)40-36-27)24-14-9-6-10-15-24/h5-10,12-15,25-26,37H,2-4,11,16-22H2,1H3/b33-29+,35-28?. The fourth-order valence-electron chi connectivity index (χ4n) is 6.01. The molecule has 1 N–H and O–H groups in total. The van der Waals surface area contributed by atoms with E-state index in [-0.39, 0.29) is 35.6 Å². The van der Waals surface area contributed by atoms with Gasteiger partial charge >= 0.3 is 0 Å². The molecule has 6 nitrogen and oxygen atoms in total. The first-order valence-corrected chi connectivity index (χ1v) is 14.6. The van der Waals surface area contributed by atoms with Gasteiger partial charge in [0.2, 0.25) is 0 Å². The van der Waals surface area contributed by atoms with Crippen LogP contribution in [0.15, 0.2) is 81.5 Å². The molecule has 1 aromatic heterocycles. The number of allylic oxidation sites excluding steroid dienone is 2. The van der Waals surface area contributed by atoms with Crippen molar-refractivity contribution in [3.63, 3.8) is 0 Å². The number of nitrogens with zero attached hydrogens (tertiary/aromatic N) is 2. The van der Waals surface area contributed by atoms with Crippen LogP contribution in [0.2, 0.25) is 0 Å². The molecule has 2 aliphatic carbocycles. The Kier molecular flexibility index (Phi) is 9.04. The molecule has 1 heterocycles. The fraction of sp³-hybridized carbons (Fsp3) is 0.412. The van der Waals surface area contributed by atoms with Gasteiger partial charge in [0.05, 0.1) is 16.8 Å². The van der Waals surface area contributed by atoms with Crippen molar-refractivity contribution >= 4 is 17.3 Å². The molecule has 2 aromatic carbocycles. The summed E-state index contributed by atoms with van der Waals surface area (Å²) in [6.45, 7) is 2.82. The van der Waals surface area contributed by atoms with E-state index in [1.807, 2.05) is 48.5 Å². The Morgan fingerprint density at radius 3 is 2.20 bits per heavy atom. The van der Waals surface area contributed by atoms with Gasteiger partial charge in [0.25, 0.3) is 0 Å². The maximum Gasteiger partial charge on any atom is 0.168 e. The van der Waals surface area contributed by atoms with Gasteiger partial charge in [0.1, 0.15) is 11.5 Å². The SMILES string of the molecule is CCCCCCN=C1CC(c2ccccc2)CC(=O)/C1=C(/O)CCc1noc2c1C(=O)CC(c1ccccc1)C2. The van der Waals surface area contributed by atoms with E-state index in [0.717, 1.165) is 36.8 Å². The summed E-state index contributed by atoms with van der Waals surface area (Å²) in [6.07, 6.45) is 6.92. The van der Waals surface area contributed by atoms with Crippen LogP contribution in [-0.4, -0.2) is 34.1 Å². The first-order valence-electron chi connectivity index (χ1n) is 14.6. The molecule has 1 fully saturated rings. The van der Waals surface area contributed by atoms with Gasteiger partial charge in [0.15, 0.2) is 11.6 Å². The van der Waals surface area contributed by atoms with Gasteiger partial charge in [-0.25, -0.2) is 0 Å². The third kappa shape index (κ3) is 6.33. The second-order valence-corrected chi connectivity index (χ2v) is 11.0. The van der Waals surface area contributed by atoms with Gasteiger partial charge in [-0.15, -0.1) is 0 Å². The predicted molar refractivity (Wildman–Crippen MR) is 156 cm³/mol. The minimum atomic E-state index is -0.0751. The second-order valence-electron chi connectivity index (χ2n) is 11.0. The summed E-state index contributed by atoms with van der Waals surface area (Å²) >= 11 is 0. The minimum Gasteiger partial charge on any atom is -0.511 e. The topological polar surface area (TPSA) is 92.8 Å². The number of carbonyl (C=O) groups is 2. The first kappa shape index (κ1) is 27.8. The summed E-state index contributed by atoms with van der Waals surface area (Å²) in [7, 11) is 0. The average molecular weight is 539 g/mol. The van der Waals surface area contributed by atoms with Crippen molar-refractivity contribution in [3.05, 3.63) is 100 Å². The Bertz CT molecular complexity index is 1390. The van der Waals surface area contributed by atoms with E-state index in [0.29, 0.717) is 67.0 Å². The van der Waals surface area contributed by atoms with Crippen molar-refractivity contribution in [2.45, 2.75) is 83.0 Å². The summed E-state index contributed by atoms with van der Waals surface area (Å²) in [6, 6.07) is 20.1. The molecule has 208 valence electrons. The van der Waals surface area contributed by atoms with Gasteiger partial charge in [-0.1, -0.05) is 92.0 Å². The molecule has 2 atom stereocenters. The summed E-state index contributed by atoms with van der Waals surface area (Å²) in [5.41, 5.74) is 4.40. The van der Waals surface area contributed by atoms with Crippen LogP contribution in [0.25, 0.3) is 0 Å². The fourth-order valence-corrected chi connectivity index (χ4v) is 6.01. The minimum absolute atomic E-state index is 0.0206. The van der Waals surface area contributed by atoms with Gasteiger partial charge < -0.3 is 9.63 Å². The summed E-state index contributed by atoms with van der Waals surface area (Å²) in [5.74, 6) is 0.719. The molecule has 0 amide bonds. The Hall–Kier alpha value is -3.80. The summed E-state index contributed by atoms with van der Waals surface area (Å²) < 4.78 is 5.62. The average Bonchev–Trinajstić information content (AvgIpc) is 3.40. The molecule has 0 aliphatic heterocycles. The lowest BCUT2D eigenvalue weighted by molar-refractivity contribution is -0.116. The molecule has 0 bridgehead atoms. The molecule has 2 aliphatic rings. The molecule has 3 aromatic rings. The van der Waals surface area contributed by atoms with E-state index >= 15 is 0 Å². The summed E-state index contributed by atoms with van der Waals surface area (Å²) in [5, 5.41) is 15.4. The van der Waals surface area contributed by atoms with Crippen molar-refractivity contribution in [3.8, 4) is 0 Å². The van der Waals surface area contributed by atoms with E-state index in [9.17, 15) is 14.7 Å². The Morgan fingerprint density at radius 2 is 1.52 bits per heavy atom. The molecule has 1 saturated carbocycles. The molecular weight excluding hydrogens is 500 g/mol. The maximum atomic E-state index is 13.4. The zero-order chi connectivity index (χ0) is 27.9. The number of rotatable bonds is 10. The lowest BCUT2D eigenvalue weighted by Gasteiger charge is -2.26. The molecule has 5 rings (SSSR count). The molecule has 0 spiro atoms. The van der Waals surface area contributed by atoms with E-state index in [1.165, 1.54) is 0 Å². The number of fused-ring (bicyclic) bond motifs is 1. The Labute approximate surface area is 236 Å². The van der Waals surface area contributed by atoms with E-state index in [1.54, 1.807) is 0 Å². The smallest absolute Gasteiger partial charge is 0.168 e. The quantitative estimate of drug-likeness (QED) is 0.164. The van der Waals surface area contributed by atoms with Crippen molar-refractivity contribution in [2.75, 3.05) is 6.54 Å². The Balaban J connectivity index is 1.33. The lowest BCUT2D eigenvalue weighted by atomic mass is 9.78. The predicted octanol–water partition coefficient (Wildman–Crippen LogP) is 7.50. The Morgan fingerprint density at radius 1 is 0.875 bits per heavy atom. The van der Waals surface area contributed by atoms with E-state index < -0.39 is 0 Å². The maximum absolute atomic E-state index is 13.4. The van der Waals surface area contributed by atoms with Crippen LogP contribution >= 0.6 is 0 Å².